The SMILES string of the molecule is N#Cc1ccc(N(CCO)C2CC2)c([N+](=O)[O-])c1. The largest absolute Gasteiger partial charge is 0.395 e. The second-order valence-corrected chi connectivity index (χ2v) is 4.22. The number of anilines is 1. The van der Waals surface area contributed by atoms with Crippen LogP contribution >= 0.6 is 0 Å². The van der Waals surface area contributed by atoms with Crippen molar-refractivity contribution in [2.24, 2.45) is 0 Å². The Morgan fingerprint density at radius 2 is 2.28 bits per heavy atom. The number of nitro groups is 1. The molecule has 18 heavy (non-hydrogen) atoms. The Morgan fingerprint density at radius 3 is 2.78 bits per heavy atom. The summed E-state index contributed by atoms with van der Waals surface area (Å²) < 4.78 is 0. The molecule has 1 aromatic rings. The molecule has 6 nitrogen and oxygen atoms in total. The standard InChI is InChI=1S/C12H13N3O3/c13-8-9-1-4-11(12(7-9)15(17)18)14(5-6-16)10-2-3-10/h1,4,7,10,16H,2-3,5-6H2. The minimum Gasteiger partial charge on any atom is -0.395 e. The molecule has 1 aliphatic carbocycles. The number of hydrogen-bond donors (Lipinski definition) is 1. The third kappa shape index (κ3) is 2.41. The zero-order chi connectivity index (χ0) is 13.1. The Bertz CT molecular complexity index is 506. The molecule has 0 bridgehead atoms. The predicted octanol–water partition coefficient (Wildman–Crippen LogP) is 1.43. The van der Waals surface area contributed by atoms with Crippen molar-refractivity contribution in [3.8, 4) is 6.07 Å². The van der Waals surface area contributed by atoms with Crippen molar-refractivity contribution in [2.75, 3.05) is 18.1 Å². The zero-order valence-corrected chi connectivity index (χ0v) is 9.74. The van der Waals surface area contributed by atoms with Gasteiger partial charge >= 0.3 is 0 Å². The number of nitro benzene ring substituents is 1. The molecule has 1 aliphatic rings. The van der Waals surface area contributed by atoms with E-state index in [0.717, 1.165) is 12.8 Å². The van der Waals surface area contributed by atoms with Crippen LogP contribution in [0.1, 0.15) is 18.4 Å². The van der Waals surface area contributed by atoms with Crippen LogP contribution in [0.4, 0.5) is 11.4 Å². The number of nitriles is 1. The Kier molecular flexibility index (Phi) is 3.44. The molecule has 0 radical (unpaired) electrons. The molecule has 0 aromatic heterocycles. The lowest BCUT2D eigenvalue weighted by Gasteiger charge is -2.23. The molecule has 2 rings (SSSR count). The molecule has 0 saturated heterocycles. The topological polar surface area (TPSA) is 90.4 Å². The summed E-state index contributed by atoms with van der Waals surface area (Å²) in [4.78, 5) is 12.4. The van der Waals surface area contributed by atoms with Gasteiger partial charge in [0.15, 0.2) is 0 Å². The molecule has 1 N–H and O–H groups in total. The summed E-state index contributed by atoms with van der Waals surface area (Å²) in [6.07, 6.45) is 1.97. The average Bonchev–Trinajstić information content (AvgIpc) is 3.19. The lowest BCUT2D eigenvalue weighted by Crippen LogP contribution is -2.29. The average molecular weight is 247 g/mol. The van der Waals surface area contributed by atoms with Gasteiger partial charge in [-0.3, -0.25) is 10.1 Å². The van der Waals surface area contributed by atoms with Gasteiger partial charge in [0.05, 0.1) is 23.2 Å². The van der Waals surface area contributed by atoms with E-state index in [0.29, 0.717) is 12.2 Å². The number of rotatable bonds is 5. The summed E-state index contributed by atoms with van der Waals surface area (Å²) in [5.41, 5.74) is 0.676. The molecule has 0 aliphatic heterocycles. The molecule has 0 unspecified atom stereocenters. The smallest absolute Gasteiger partial charge is 0.293 e. The zero-order valence-electron chi connectivity index (χ0n) is 9.74. The normalized spacial score (nSPS) is 14.0. The van der Waals surface area contributed by atoms with Gasteiger partial charge in [-0.2, -0.15) is 5.26 Å². The fraction of sp³-hybridized carbons (Fsp3) is 0.417. The highest BCUT2D eigenvalue weighted by Crippen LogP contribution is 2.36. The van der Waals surface area contributed by atoms with E-state index >= 15 is 0 Å². The van der Waals surface area contributed by atoms with E-state index in [1.807, 2.05) is 11.0 Å². The third-order valence-electron chi connectivity index (χ3n) is 2.94. The van der Waals surface area contributed by atoms with Gasteiger partial charge in [0.1, 0.15) is 5.69 Å². The maximum Gasteiger partial charge on any atom is 0.293 e. The van der Waals surface area contributed by atoms with Crippen LogP contribution in [0.3, 0.4) is 0 Å². The van der Waals surface area contributed by atoms with Crippen LogP contribution in [0.25, 0.3) is 0 Å². The highest BCUT2D eigenvalue weighted by Gasteiger charge is 2.32. The number of benzene rings is 1. The van der Waals surface area contributed by atoms with Gasteiger partial charge in [0.25, 0.3) is 5.69 Å². The van der Waals surface area contributed by atoms with Gasteiger partial charge < -0.3 is 10.0 Å². The molecule has 1 saturated carbocycles. The first-order chi connectivity index (χ1) is 8.67. The third-order valence-corrected chi connectivity index (χ3v) is 2.94. The molecule has 94 valence electrons. The highest BCUT2D eigenvalue weighted by atomic mass is 16.6. The van der Waals surface area contributed by atoms with E-state index in [2.05, 4.69) is 0 Å². The van der Waals surface area contributed by atoms with Gasteiger partial charge in [-0.15, -0.1) is 0 Å². The van der Waals surface area contributed by atoms with Crippen LogP contribution in [-0.4, -0.2) is 29.2 Å². The fourth-order valence-corrected chi connectivity index (χ4v) is 1.98. The van der Waals surface area contributed by atoms with E-state index < -0.39 is 4.92 Å². The van der Waals surface area contributed by atoms with Crippen LogP contribution < -0.4 is 4.90 Å². The second kappa shape index (κ2) is 5.02. The van der Waals surface area contributed by atoms with Crippen LogP contribution in [0.5, 0.6) is 0 Å². The first-order valence-electron chi connectivity index (χ1n) is 5.73. The van der Waals surface area contributed by atoms with Gasteiger partial charge in [0.2, 0.25) is 0 Å². The van der Waals surface area contributed by atoms with Gasteiger partial charge in [-0.1, -0.05) is 0 Å². The van der Waals surface area contributed by atoms with E-state index in [4.69, 9.17) is 10.4 Å². The highest BCUT2D eigenvalue weighted by molar-refractivity contribution is 5.66. The van der Waals surface area contributed by atoms with Crippen molar-refractivity contribution in [3.05, 3.63) is 33.9 Å². The molecule has 1 aromatic carbocycles. The number of hydrogen-bond acceptors (Lipinski definition) is 5. The first kappa shape index (κ1) is 12.3. The number of nitrogens with zero attached hydrogens (tertiary/aromatic N) is 3. The monoisotopic (exact) mass is 247 g/mol. The summed E-state index contributed by atoms with van der Waals surface area (Å²) in [6.45, 7) is 0.324. The molecular weight excluding hydrogens is 234 g/mol. The Hall–Kier alpha value is -2.13. The summed E-state index contributed by atoms with van der Waals surface area (Å²) in [7, 11) is 0. The Labute approximate surface area is 104 Å². The summed E-state index contributed by atoms with van der Waals surface area (Å²) >= 11 is 0. The molecule has 0 spiro atoms. The van der Waals surface area contributed by atoms with Gasteiger partial charge in [-0.05, 0) is 25.0 Å². The summed E-state index contributed by atoms with van der Waals surface area (Å²) in [5, 5.41) is 28.9. The summed E-state index contributed by atoms with van der Waals surface area (Å²) in [5.74, 6) is 0. The Morgan fingerprint density at radius 1 is 1.56 bits per heavy atom. The minimum absolute atomic E-state index is 0.0480. The first-order valence-corrected chi connectivity index (χ1v) is 5.73. The number of aliphatic hydroxyl groups is 1. The maximum absolute atomic E-state index is 11.0. The number of aliphatic hydroxyl groups excluding tert-OH is 1. The fourth-order valence-electron chi connectivity index (χ4n) is 1.98. The van der Waals surface area contributed by atoms with Crippen molar-refractivity contribution in [3.63, 3.8) is 0 Å². The van der Waals surface area contributed by atoms with Crippen molar-refractivity contribution in [2.45, 2.75) is 18.9 Å². The minimum atomic E-state index is -0.483. The van der Waals surface area contributed by atoms with Crippen molar-refractivity contribution < 1.29 is 10.0 Å². The molecule has 0 amide bonds. The lowest BCUT2D eigenvalue weighted by molar-refractivity contribution is -0.384. The van der Waals surface area contributed by atoms with Crippen LogP contribution in [-0.2, 0) is 0 Å². The Balaban J connectivity index is 2.41. The van der Waals surface area contributed by atoms with Gasteiger partial charge in [-0.25, -0.2) is 0 Å². The van der Waals surface area contributed by atoms with Crippen molar-refractivity contribution in [1.29, 1.82) is 5.26 Å². The van der Waals surface area contributed by atoms with Crippen LogP contribution in [0.15, 0.2) is 18.2 Å². The van der Waals surface area contributed by atoms with E-state index in [1.165, 1.54) is 6.07 Å². The molecule has 1 fully saturated rings. The summed E-state index contributed by atoms with van der Waals surface area (Å²) in [6, 6.07) is 6.59. The van der Waals surface area contributed by atoms with E-state index in [1.54, 1.807) is 12.1 Å². The molecular formula is C12H13N3O3. The predicted molar refractivity (Wildman–Crippen MR) is 65.3 cm³/mol. The van der Waals surface area contributed by atoms with E-state index in [-0.39, 0.29) is 23.9 Å². The van der Waals surface area contributed by atoms with Crippen molar-refractivity contribution >= 4 is 11.4 Å². The second-order valence-electron chi connectivity index (χ2n) is 4.22. The van der Waals surface area contributed by atoms with E-state index in [9.17, 15) is 10.1 Å². The lowest BCUT2D eigenvalue weighted by atomic mass is 10.1. The quantitative estimate of drug-likeness (QED) is 0.627. The maximum atomic E-state index is 11.0. The molecule has 6 heteroatoms. The van der Waals surface area contributed by atoms with Crippen LogP contribution in [0, 0.1) is 21.4 Å². The van der Waals surface area contributed by atoms with Crippen molar-refractivity contribution in [1.82, 2.24) is 0 Å². The van der Waals surface area contributed by atoms with Gasteiger partial charge in [0, 0.05) is 18.7 Å². The molecule has 0 atom stereocenters. The molecule has 0 heterocycles. The van der Waals surface area contributed by atoms with Crippen LogP contribution in [0.2, 0.25) is 0 Å².